The van der Waals surface area contributed by atoms with Crippen LogP contribution in [0.25, 0.3) is 27.7 Å². The van der Waals surface area contributed by atoms with Crippen LogP contribution in [0.5, 0.6) is 5.75 Å². The summed E-state index contributed by atoms with van der Waals surface area (Å²) in [5.74, 6) is 1.86. The van der Waals surface area contributed by atoms with Crippen LogP contribution in [-0.4, -0.2) is 16.1 Å². The standard InChI is InChI=1S/C37H44N2O2S/c1-9-10-18-41-34-21-33(35-31(24(4)5)19-27(23(2)3)20-32(35)25(6)7)38-36-30(34)17-16-29-26(8)22-42(40,39-37(29)36)28-14-12-11-13-15-28/h11-17,19-25H,9-10,18H2,1-8H3. The van der Waals surface area contributed by atoms with Gasteiger partial charge in [0, 0.05) is 28.2 Å². The molecule has 4 aromatic rings. The van der Waals surface area contributed by atoms with Crippen molar-refractivity contribution in [2.75, 3.05) is 6.61 Å². The molecule has 220 valence electrons. The minimum absolute atomic E-state index is 0.314. The fraction of sp³-hybridized carbons (Fsp3) is 0.378. The van der Waals surface area contributed by atoms with E-state index in [9.17, 15) is 4.55 Å². The van der Waals surface area contributed by atoms with Crippen molar-refractivity contribution in [2.24, 2.45) is 4.36 Å². The maximum atomic E-state index is 14.4. The zero-order chi connectivity index (χ0) is 30.2. The van der Waals surface area contributed by atoms with E-state index < -0.39 is 10.1 Å². The van der Waals surface area contributed by atoms with Gasteiger partial charge in [-0.15, -0.1) is 0 Å². The van der Waals surface area contributed by atoms with Gasteiger partial charge in [-0.3, -0.25) is 0 Å². The van der Waals surface area contributed by atoms with Crippen LogP contribution in [0.15, 0.2) is 75.3 Å². The lowest BCUT2D eigenvalue weighted by atomic mass is 9.83. The second kappa shape index (κ2) is 12.1. The first-order valence-corrected chi connectivity index (χ1v) is 16.9. The first kappa shape index (κ1) is 30.2. The molecule has 4 nitrogen and oxygen atoms in total. The molecule has 1 unspecified atom stereocenters. The Labute approximate surface area is 253 Å². The molecule has 1 aromatic heterocycles. The average Bonchev–Trinajstić information content (AvgIpc) is 2.96. The summed E-state index contributed by atoms with van der Waals surface area (Å²) < 4.78 is 25.8. The molecular formula is C37H44N2O2S. The quantitative estimate of drug-likeness (QED) is 0.146. The summed E-state index contributed by atoms with van der Waals surface area (Å²) in [4.78, 5) is 6.08. The summed E-state index contributed by atoms with van der Waals surface area (Å²) in [6, 6.07) is 20.5. The SMILES string of the molecule is CCCCOc1cc(-c2c(C(C)C)cc(C(C)C)cc2C(C)C)nc2c3c(ccc12)C(C)=C[S+]([O-])(c1ccccc1)=N3. The molecule has 0 radical (unpaired) electrons. The number of rotatable bonds is 9. The third kappa shape index (κ3) is 5.69. The second-order valence-electron chi connectivity index (χ2n) is 12.4. The summed E-state index contributed by atoms with van der Waals surface area (Å²) >= 11 is 0. The molecule has 1 aliphatic heterocycles. The first-order chi connectivity index (χ1) is 20.0. The van der Waals surface area contributed by atoms with Gasteiger partial charge in [0.25, 0.3) is 0 Å². The van der Waals surface area contributed by atoms with Crippen molar-refractivity contribution < 1.29 is 9.29 Å². The Kier molecular flexibility index (Phi) is 8.73. The molecule has 0 bridgehead atoms. The number of allylic oxidation sites excluding steroid dienone is 1. The minimum Gasteiger partial charge on any atom is -0.622 e. The predicted molar refractivity (Wildman–Crippen MR) is 178 cm³/mol. The summed E-state index contributed by atoms with van der Waals surface area (Å²) in [5.41, 5.74) is 9.33. The van der Waals surface area contributed by atoms with Crippen molar-refractivity contribution in [2.45, 2.75) is 90.9 Å². The summed E-state index contributed by atoms with van der Waals surface area (Å²) in [6.07, 6.45) is 2.02. The average molecular weight is 581 g/mol. The van der Waals surface area contributed by atoms with Crippen LogP contribution in [0.2, 0.25) is 0 Å². The lowest BCUT2D eigenvalue weighted by Gasteiger charge is -2.25. The van der Waals surface area contributed by atoms with E-state index in [2.05, 4.69) is 78.8 Å². The minimum atomic E-state index is -2.81. The van der Waals surface area contributed by atoms with Crippen molar-refractivity contribution in [3.63, 3.8) is 0 Å². The monoisotopic (exact) mass is 580 g/mol. The number of benzene rings is 3. The predicted octanol–water partition coefficient (Wildman–Crippen LogP) is 11.0. The highest BCUT2D eigenvalue weighted by Crippen LogP contribution is 2.46. The molecule has 0 spiro atoms. The van der Waals surface area contributed by atoms with Crippen LogP contribution in [0.3, 0.4) is 0 Å². The molecule has 3 aromatic carbocycles. The van der Waals surface area contributed by atoms with Crippen molar-refractivity contribution in [1.29, 1.82) is 0 Å². The zero-order valence-electron chi connectivity index (χ0n) is 26.3. The van der Waals surface area contributed by atoms with Crippen LogP contribution in [0.1, 0.15) is 108 Å². The number of unbranched alkanes of at least 4 members (excludes halogenated alkanes) is 1. The van der Waals surface area contributed by atoms with E-state index in [1.54, 1.807) is 0 Å². The van der Waals surface area contributed by atoms with E-state index in [0.717, 1.165) is 46.3 Å². The van der Waals surface area contributed by atoms with E-state index in [4.69, 9.17) is 14.1 Å². The Morgan fingerprint density at radius 3 is 2.12 bits per heavy atom. The summed E-state index contributed by atoms with van der Waals surface area (Å²) in [6.45, 7) is 18.4. The number of nitrogens with zero attached hydrogens (tertiary/aromatic N) is 2. The van der Waals surface area contributed by atoms with Gasteiger partial charge in [0.2, 0.25) is 0 Å². The lowest BCUT2D eigenvalue weighted by molar-refractivity contribution is 0.313. The van der Waals surface area contributed by atoms with E-state index in [-0.39, 0.29) is 0 Å². The highest BCUT2D eigenvalue weighted by atomic mass is 32.3. The number of ether oxygens (including phenoxy) is 1. The highest BCUT2D eigenvalue weighted by Gasteiger charge is 2.27. The van der Waals surface area contributed by atoms with Gasteiger partial charge in [0.05, 0.1) is 12.3 Å². The molecule has 2 heterocycles. The van der Waals surface area contributed by atoms with Gasteiger partial charge >= 0.3 is 0 Å². The number of hydrogen-bond donors (Lipinski definition) is 0. The Morgan fingerprint density at radius 2 is 1.52 bits per heavy atom. The van der Waals surface area contributed by atoms with Crippen LogP contribution in [0.4, 0.5) is 5.69 Å². The fourth-order valence-electron chi connectivity index (χ4n) is 5.68. The molecular weight excluding hydrogens is 536 g/mol. The first-order valence-electron chi connectivity index (χ1n) is 15.3. The Morgan fingerprint density at radius 1 is 0.857 bits per heavy atom. The number of pyridine rings is 1. The Balaban J connectivity index is 1.86. The topological polar surface area (TPSA) is 57.5 Å². The van der Waals surface area contributed by atoms with Gasteiger partial charge in [-0.2, -0.15) is 0 Å². The van der Waals surface area contributed by atoms with Crippen LogP contribution in [0, 0.1) is 0 Å². The largest absolute Gasteiger partial charge is 0.622 e. The lowest BCUT2D eigenvalue weighted by Crippen LogP contribution is -2.11. The maximum Gasteiger partial charge on any atom is 0.144 e. The molecule has 0 fully saturated rings. The van der Waals surface area contributed by atoms with E-state index >= 15 is 0 Å². The molecule has 42 heavy (non-hydrogen) atoms. The van der Waals surface area contributed by atoms with Crippen molar-refractivity contribution in [3.8, 4) is 17.0 Å². The second-order valence-corrected chi connectivity index (χ2v) is 14.4. The smallest absolute Gasteiger partial charge is 0.144 e. The molecule has 1 aliphatic rings. The van der Waals surface area contributed by atoms with E-state index in [1.807, 2.05) is 42.7 Å². The van der Waals surface area contributed by atoms with Crippen molar-refractivity contribution in [1.82, 2.24) is 4.98 Å². The third-order valence-corrected chi connectivity index (χ3v) is 10.2. The van der Waals surface area contributed by atoms with Gasteiger partial charge < -0.3 is 9.29 Å². The van der Waals surface area contributed by atoms with Crippen LogP contribution < -0.4 is 4.74 Å². The van der Waals surface area contributed by atoms with Gasteiger partial charge in [0.15, 0.2) is 0 Å². The number of hydrogen-bond acceptors (Lipinski definition) is 4. The van der Waals surface area contributed by atoms with Crippen molar-refractivity contribution in [3.05, 3.63) is 88.3 Å². The summed E-state index contributed by atoms with van der Waals surface area (Å²) in [7, 11) is -2.81. The third-order valence-electron chi connectivity index (χ3n) is 8.13. The Bertz CT molecular complexity index is 1670. The van der Waals surface area contributed by atoms with Crippen LogP contribution >= 0.6 is 0 Å². The molecule has 0 saturated heterocycles. The molecule has 5 heteroatoms. The molecule has 0 aliphatic carbocycles. The van der Waals surface area contributed by atoms with Crippen LogP contribution in [-0.2, 0) is 10.1 Å². The normalized spacial score (nSPS) is 16.6. The highest BCUT2D eigenvalue weighted by molar-refractivity contribution is 8.03. The summed E-state index contributed by atoms with van der Waals surface area (Å²) in [5, 5.41) is 2.72. The molecule has 0 saturated carbocycles. The maximum absolute atomic E-state index is 14.4. The van der Waals surface area contributed by atoms with E-state index in [1.165, 1.54) is 22.3 Å². The zero-order valence-corrected chi connectivity index (χ0v) is 27.1. The van der Waals surface area contributed by atoms with Crippen molar-refractivity contribution >= 4 is 32.3 Å². The molecule has 0 N–H and O–H groups in total. The van der Waals surface area contributed by atoms with Gasteiger partial charge in [-0.25, -0.2) is 4.98 Å². The fourth-order valence-corrected chi connectivity index (χ4v) is 7.59. The molecule has 1 atom stereocenters. The molecule has 5 rings (SSSR count). The molecule has 0 amide bonds. The van der Waals surface area contributed by atoms with Gasteiger partial charge in [-0.05, 0) is 76.1 Å². The number of fused-ring (bicyclic) bond motifs is 3. The van der Waals surface area contributed by atoms with E-state index in [0.29, 0.717) is 34.9 Å². The number of aromatic nitrogens is 1. The Hall–Kier alpha value is -3.28. The van der Waals surface area contributed by atoms with Gasteiger partial charge in [-0.1, -0.05) is 95.6 Å². The van der Waals surface area contributed by atoms with Gasteiger partial charge in [0.1, 0.15) is 27.3 Å².